The lowest BCUT2D eigenvalue weighted by Gasteiger charge is -2.34. The molecule has 1 fully saturated rings. The normalized spacial score (nSPS) is 23.1. The molecule has 1 aromatic rings. The SMILES string of the molecule is CC(OC(=O)N1CCC(C2Cc3cc(C4=CCN(S(C)(=O)=O)CC4)ncc3O2)CC1)C(F)(F)F. The summed E-state index contributed by atoms with van der Waals surface area (Å²) in [6.07, 6.45) is -0.455. The van der Waals surface area contributed by atoms with Crippen LogP contribution in [-0.2, 0) is 21.2 Å². The predicted molar refractivity (Wildman–Crippen MR) is 118 cm³/mol. The first-order chi connectivity index (χ1) is 15.9. The number of aromatic nitrogens is 1. The molecule has 0 spiro atoms. The van der Waals surface area contributed by atoms with Crippen LogP contribution in [0.15, 0.2) is 18.3 Å². The number of alkyl halides is 3. The highest BCUT2D eigenvalue weighted by molar-refractivity contribution is 7.88. The van der Waals surface area contributed by atoms with E-state index < -0.39 is 28.4 Å². The van der Waals surface area contributed by atoms with Gasteiger partial charge in [-0.25, -0.2) is 13.2 Å². The van der Waals surface area contributed by atoms with Crippen molar-refractivity contribution in [2.45, 2.75) is 51.0 Å². The van der Waals surface area contributed by atoms with Gasteiger partial charge in [-0.3, -0.25) is 4.98 Å². The van der Waals surface area contributed by atoms with Gasteiger partial charge in [0.05, 0.1) is 18.1 Å². The van der Waals surface area contributed by atoms with Crippen LogP contribution in [-0.4, -0.2) is 79.5 Å². The van der Waals surface area contributed by atoms with Crippen LogP contribution in [0.25, 0.3) is 5.57 Å². The first kappa shape index (κ1) is 24.8. The third-order valence-corrected chi connectivity index (χ3v) is 7.95. The minimum atomic E-state index is -4.58. The lowest BCUT2D eigenvalue weighted by atomic mass is 9.89. The van der Waals surface area contributed by atoms with Gasteiger partial charge in [0.2, 0.25) is 10.0 Å². The van der Waals surface area contributed by atoms with E-state index in [2.05, 4.69) is 9.72 Å². The third kappa shape index (κ3) is 5.48. The molecule has 8 nitrogen and oxygen atoms in total. The van der Waals surface area contributed by atoms with E-state index in [0.29, 0.717) is 57.6 Å². The Hall–Kier alpha value is -2.34. The van der Waals surface area contributed by atoms with Crippen molar-refractivity contribution in [3.8, 4) is 5.75 Å². The van der Waals surface area contributed by atoms with E-state index in [1.165, 1.54) is 15.5 Å². The van der Waals surface area contributed by atoms with Crippen LogP contribution in [0.2, 0.25) is 0 Å². The number of likely N-dealkylation sites (tertiary alicyclic amines) is 1. The molecule has 188 valence electrons. The molecule has 12 heteroatoms. The number of ether oxygens (including phenoxy) is 2. The molecule has 1 saturated heterocycles. The number of carbonyl (C=O) groups excluding carboxylic acids is 1. The molecule has 0 radical (unpaired) electrons. The van der Waals surface area contributed by atoms with E-state index in [4.69, 9.17) is 4.74 Å². The largest absolute Gasteiger partial charge is 0.488 e. The quantitative estimate of drug-likeness (QED) is 0.627. The zero-order valence-corrected chi connectivity index (χ0v) is 19.9. The number of nitrogens with zero attached hydrogens (tertiary/aromatic N) is 3. The number of hydrogen-bond donors (Lipinski definition) is 0. The summed E-state index contributed by atoms with van der Waals surface area (Å²) in [4.78, 5) is 17.9. The number of rotatable bonds is 4. The maximum atomic E-state index is 12.6. The second-order valence-electron chi connectivity index (χ2n) is 9.03. The van der Waals surface area contributed by atoms with Gasteiger partial charge in [-0.2, -0.15) is 17.5 Å². The summed E-state index contributed by atoms with van der Waals surface area (Å²) in [7, 11) is -3.22. The third-order valence-electron chi connectivity index (χ3n) is 6.68. The van der Waals surface area contributed by atoms with Crippen molar-refractivity contribution >= 4 is 21.7 Å². The van der Waals surface area contributed by atoms with Crippen LogP contribution < -0.4 is 4.74 Å². The second kappa shape index (κ2) is 9.37. The molecule has 2 unspecified atom stereocenters. The number of pyridine rings is 1. The molecule has 0 aromatic carbocycles. The molecule has 34 heavy (non-hydrogen) atoms. The Morgan fingerprint density at radius 3 is 2.56 bits per heavy atom. The van der Waals surface area contributed by atoms with Crippen molar-refractivity contribution in [2.24, 2.45) is 5.92 Å². The van der Waals surface area contributed by atoms with E-state index in [-0.39, 0.29) is 12.0 Å². The molecule has 4 rings (SSSR count). The Morgan fingerprint density at radius 2 is 1.97 bits per heavy atom. The molecule has 2 atom stereocenters. The Balaban J connectivity index is 1.32. The first-order valence-corrected chi connectivity index (χ1v) is 13.1. The van der Waals surface area contributed by atoms with Crippen LogP contribution in [0.5, 0.6) is 5.75 Å². The summed E-state index contributed by atoms with van der Waals surface area (Å²) in [5, 5.41) is 0. The maximum Gasteiger partial charge on any atom is 0.425 e. The molecule has 3 aliphatic heterocycles. The molecule has 0 saturated carbocycles. The minimum Gasteiger partial charge on any atom is -0.488 e. The topological polar surface area (TPSA) is 89.0 Å². The fourth-order valence-corrected chi connectivity index (χ4v) is 5.31. The fraction of sp³-hybridized carbons (Fsp3) is 0.636. The zero-order valence-electron chi connectivity index (χ0n) is 19.0. The van der Waals surface area contributed by atoms with Crippen LogP contribution in [0.1, 0.15) is 37.4 Å². The zero-order chi connectivity index (χ0) is 24.7. The number of halogens is 3. The Bertz CT molecular complexity index is 1070. The van der Waals surface area contributed by atoms with Crippen molar-refractivity contribution in [3.05, 3.63) is 29.6 Å². The fourth-order valence-electron chi connectivity index (χ4n) is 4.54. The number of amides is 1. The van der Waals surface area contributed by atoms with Crippen molar-refractivity contribution in [2.75, 3.05) is 32.4 Å². The van der Waals surface area contributed by atoms with E-state index in [1.807, 2.05) is 12.1 Å². The van der Waals surface area contributed by atoms with Gasteiger partial charge >= 0.3 is 12.3 Å². The van der Waals surface area contributed by atoms with Crippen molar-refractivity contribution < 1.29 is 35.9 Å². The van der Waals surface area contributed by atoms with Gasteiger partial charge in [-0.05, 0) is 43.7 Å². The van der Waals surface area contributed by atoms with E-state index in [9.17, 15) is 26.4 Å². The maximum absolute atomic E-state index is 12.6. The summed E-state index contributed by atoms with van der Waals surface area (Å²) < 4.78 is 73.4. The van der Waals surface area contributed by atoms with E-state index in [0.717, 1.165) is 23.8 Å². The molecule has 3 aliphatic rings. The van der Waals surface area contributed by atoms with Gasteiger partial charge in [0, 0.05) is 38.2 Å². The predicted octanol–water partition coefficient (Wildman–Crippen LogP) is 3.23. The highest BCUT2D eigenvalue weighted by Gasteiger charge is 2.41. The first-order valence-electron chi connectivity index (χ1n) is 11.2. The standard InChI is InChI=1S/C22H28F3N3O5S/c1-14(22(23,24)25)32-21(29)27-7-3-16(4-8-27)19-12-17-11-18(26-13-20(17)33-19)15-5-9-28(10-6-15)34(2,30)31/h5,11,13-14,16,19H,3-4,6-10,12H2,1-2H3. The number of piperidine rings is 1. The summed E-state index contributed by atoms with van der Waals surface area (Å²) in [6.45, 7) is 2.21. The Morgan fingerprint density at radius 1 is 1.26 bits per heavy atom. The van der Waals surface area contributed by atoms with Gasteiger partial charge in [0.25, 0.3) is 0 Å². The Kier molecular flexibility index (Phi) is 6.83. The second-order valence-corrected chi connectivity index (χ2v) is 11.0. The summed E-state index contributed by atoms with van der Waals surface area (Å²) in [5.41, 5.74) is 2.85. The average Bonchev–Trinajstić information content (AvgIpc) is 3.21. The van der Waals surface area contributed by atoms with Gasteiger partial charge in [0.1, 0.15) is 11.9 Å². The molecule has 0 N–H and O–H groups in total. The van der Waals surface area contributed by atoms with Crippen molar-refractivity contribution in [1.82, 2.24) is 14.2 Å². The summed E-state index contributed by atoms with van der Waals surface area (Å²) in [5.74, 6) is 0.876. The van der Waals surface area contributed by atoms with Crippen LogP contribution in [0.3, 0.4) is 0 Å². The number of hydrogen-bond acceptors (Lipinski definition) is 6. The minimum absolute atomic E-state index is 0.0830. The lowest BCUT2D eigenvalue weighted by Crippen LogP contribution is -2.44. The average molecular weight is 504 g/mol. The summed E-state index contributed by atoms with van der Waals surface area (Å²) in [6, 6.07) is 1.99. The van der Waals surface area contributed by atoms with Crippen LogP contribution in [0.4, 0.5) is 18.0 Å². The van der Waals surface area contributed by atoms with Crippen molar-refractivity contribution in [1.29, 1.82) is 0 Å². The number of carbonyl (C=O) groups is 1. The molecule has 4 heterocycles. The van der Waals surface area contributed by atoms with Gasteiger partial charge < -0.3 is 14.4 Å². The molecule has 0 aliphatic carbocycles. The van der Waals surface area contributed by atoms with Crippen molar-refractivity contribution in [3.63, 3.8) is 0 Å². The molecular weight excluding hydrogens is 475 g/mol. The molecule has 0 bridgehead atoms. The highest BCUT2D eigenvalue weighted by atomic mass is 32.2. The van der Waals surface area contributed by atoms with Crippen LogP contribution in [0, 0.1) is 5.92 Å². The van der Waals surface area contributed by atoms with Gasteiger partial charge in [-0.1, -0.05) is 6.08 Å². The molecule has 1 aromatic heterocycles. The molecule has 1 amide bonds. The van der Waals surface area contributed by atoms with Gasteiger partial charge in [0.15, 0.2) is 6.10 Å². The highest BCUT2D eigenvalue weighted by Crippen LogP contribution is 2.37. The lowest BCUT2D eigenvalue weighted by molar-refractivity contribution is -0.200. The summed E-state index contributed by atoms with van der Waals surface area (Å²) >= 11 is 0. The van der Waals surface area contributed by atoms with Gasteiger partial charge in [-0.15, -0.1) is 0 Å². The smallest absolute Gasteiger partial charge is 0.425 e. The number of sulfonamides is 1. The van der Waals surface area contributed by atoms with Crippen LogP contribution >= 0.6 is 0 Å². The van der Waals surface area contributed by atoms with E-state index >= 15 is 0 Å². The van der Waals surface area contributed by atoms with E-state index in [1.54, 1.807) is 6.20 Å². The monoisotopic (exact) mass is 503 g/mol. The molecular formula is C22H28F3N3O5S. The Labute approximate surface area is 196 Å². The number of fused-ring (bicyclic) bond motifs is 1.